The van der Waals surface area contributed by atoms with Crippen LogP contribution in [0.4, 0.5) is 0 Å². The molecule has 2 rings (SSSR count). The second kappa shape index (κ2) is 14.3. The summed E-state index contributed by atoms with van der Waals surface area (Å²) in [6.07, 6.45) is 3.70. The average molecular weight is 533 g/mol. The molecule has 7 nitrogen and oxygen atoms in total. The van der Waals surface area contributed by atoms with Gasteiger partial charge in [-0.2, -0.15) is 0 Å². The lowest BCUT2D eigenvalue weighted by Crippen LogP contribution is -2.48. The van der Waals surface area contributed by atoms with Crippen LogP contribution < -0.4 is 14.8 Å². The van der Waals surface area contributed by atoms with Gasteiger partial charge in [-0.15, -0.1) is 24.0 Å². The SMILES string of the molecule is CCNC(=NCCCc1ccc(OC)c(OC)c1)N1CCCC(C(=O)OCC)C1.I. The molecule has 1 aromatic rings. The number of carbonyl (C=O) groups excluding carboxylic acids is 1. The van der Waals surface area contributed by atoms with E-state index in [4.69, 9.17) is 19.2 Å². The molecule has 1 atom stereocenters. The molecule has 8 heteroatoms. The van der Waals surface area contributed by atoms with Gasteiger partial charge in [0.25, 0.3) is 0 Å². The molecule has 0 amide bonds. The molecule has 1 unspecified atom stereocenters. The number of aryl methyl sites for hydroxylation is 1. The minimum Gasteiger partial charge on any atom is -0.493 e. The second-order valence-electron chi connectivity index (χ2n) is 7.07. The van der Waals surface area contributed by atoms with Gasteiger partial charge in [0.05, 0.1) is 26.7 Å². The number of nitrogens with zero attached hydrogens (tertiary/aromatic N) is 2. The molecule has 1 saturated heterocycles. The number of aliphatic imine (C=N–C) groups is 1. The largest absolute Gasteiger partial charge is 0.493 e. The number of halogens is 1. The summed E-state index contributed by atoms with van der Waals surface area (Å²) in [7, 11) is 3.29. The standard InChI is InChI=1S/C22H35N3O4.HI/c1-5-23-22(25-14-8-10-18(16-25)21(26)29-6-2)24-13-7-9-17-11-12-19(27-3)20(15-17)28-4;/h11-12,15,18H,5-10,13-14,16H2,1-4H3,(H,23,24);1H. The van der Waals surface area contributed by atoms with Crippen molar-refractivity contribution in [3.63, 3.8) is 0 Å². The zero-order valence-electron chi connectivity index (χ0n) is 18.6. The van der Waals surface area contributed by atoms with E-state index in [-0.39, 0.29) is 35.9 Å². The Morgan fingerprint density at radius 2 is 2.00 bits per heavy atom. The summed E-state index contributed by atoms with van der Waals surface area (Å²) in [4.78, 5) is 19.1. The third kappa shape index (κ3) is 7.85. The van der Waals surface area contributed by atoms with Crippen molar-refractivity contribution in [2.75, 3.05) is 47.0 Å². The number of piperidine rings is 1. The van der Waals surface area contributed by atoms with E-state index in [9.17, 15) is 4.79 Å². The third-order valence-electron chi connectivity index (χ3n) is 5.01. The number of methoxy groups -OCH3 is 2. The first-order chi connectivity index (χ1) is 14.1. The van der Waals surface area contributed by atoms with E-state index < -0.39 is 0 Å². The molecule has 30 heavy (non-hydrogen) atoms. The zero-order valence-corrected chi connectivity index (χ0v) is 20.9. The number of carbonyl (C=O) groups is 1. The summed E-state index contributed by atoms with van der Waals surface area (Å²) < 4.78 is 15.9. The number of hydrogen-bond acceptors (Lipinski definition) is 5. The zero-order chi connectivity index (χ0) is 21.1. The minimum atomic E-state index is -0.0958. The van der Waals surface area contributed by atoms with Crippen molar-refractivity contribution in [2.45, 2.75) is 39.5 Å². The Hall–Kier alpha value is -1.71. The Kier molecular flexibility index (Phi) is 12.6. The van der Waals surface area contributed by atoms with E-state index in [0.29, 0.717) is 13.2 Å². The maximum absolute atomic E-state index is 12.1. The molecule has 0 radical (unpaired) electrons. The van der Waals surface area contributed by atoms with Gasteiger partial charge in [-0.3, -0.25) is 9.79 Å². The monoisotopic (exact) mass is 533 g/mol. The molecular weight excluding hydrogens is 497 g/mol. The van der Waals surface area contributed by atoms with Crippen molar-refractivity contribution in [3.8, 4) is 11.5 Å². The summed E-state index contributed by atoms with van der Waals surface area (Å²) in [5.74, 6) is 2.21. The molecule has 0 aliphatic carbocycles. The summed E-state index contributed by atoms with van der Waals surface area (Å²) in [6, 6.07) is 6.01. The van der Waals surface area contributed by atoms with Crippen LogP contribution in [0.2, 0.25) is 0 Å². The lowest BCUT2D eigenvalue weighted by atomic mass is 9.98. The fourth-order valence-electron chi connectivity index (χ4n) is 3.55. The molecule has 1 N–H and O–H groups in total. The Bertz CT molecular complexity index is 684. The molecule has 0 bridgehead atoms. The van der Waals surface area contributed by atoms with Crippen LogP contribution >= 0.6 is 24.0 Å². The number of benzene rings is 1. The number of ether oxygens (including phenoxy) is 3. The van der Waals surface area contributed by atoms with Gasteiger partial charge in [-0.25, -0.2) is 0 Å². The van der Waals surface area contributed by atoms with Crippen LogP contribution in [-0.4, -0.2) is 63.8 Å². The van der Waals surface area contributed by atoms with E-state index in [1.807, 2.05) is 19.1 Å². The van der Waals surface area contributed by atoms with Crippen molar-refractivity contribution >= 4 is 35.9 Å². The molecule has 170 valence electrons. The Morgan fingerprint density at radius 3 is 2.67 bits per heavy atom. The van der Waals surface area contributed by atoms with Crippen LogP contribution in [0.15, 0.2) is 23.2 Å². The highest BCUT2D eigenvalue weighted by Gasteiger charge is 2.28. The lowest BCUT2D eigenvalue weighted by molar-refractivity contribution is -0.149. The predicted octanol–water partition coefficient (Wildman–Crippen LogP) is 3.50. The molecule has 1 aliphatic rings. The predicted molar refractivity (Wildman–Crippen MR) is 130 cm³/mol. The number of esters is 1. The van der Waals surface area contributed by atoms with Gasteiger partial charge in [0, 0.05) is 26.2 Å². The van der Waals surface area contributed by atoms with Gasteiger partial charge in [0.1, 0.15) is 0 Å². The van der Waals surface area contributed by atoms with E-state index in [1.54, 1.807) is 14.2 Å². The van der Waals surface area contributed by atoms with Crippen molar-refractivity contribution < 1.29 is 19.0 Å². The normalized spacial score (nSPS) is 16.5. The Labute approximate surface area is 197 Å². The van der Waals surface area contributed by atoms with Crippen molar-refractivity contribution in [3.05, 3.63) is 23.8 Å². The summed E-state index contributed by atoms with van der Waals surface area (Å²) in [5.41, 5.74) is 1.20. The van der Waals surface area contributed by atoms with E-state index in [0.717, 1.165) is 62.8 Å². The molecule has 0 aromatic heterocycles. The maximum atomic E-state index is 12.1. The fourth-order valence-corrected chi connectivity index (χ4v) is 3.55. The molecule has 0 spiro atoms. The maximum Gasteiger partial charge on any atom is 0.310 e. The quantitative estimate of drug-likeness (QED) is 0.172. The number of hydrogen-bond donors (Lipinski definition) is 1. The summed E-state index contributed by atoms with van der Waals surface area (Å²) >= 11 is 0. The van der Waals surface area contributed by atoms with Gasteiger partial charge in [0.15, 0.2) is 17.5 Å². The van der Waals surface area contributed by atoms with Crippen molar-refractivity contribution in [1.82, 2.24) is 10.2 Å². The van der Waals surface area contributed by atoms with Crippen molar-refractivity contribution in [1.29, 1.82) is 0 Å². The van der Waals surface area contributed by atoms with Crippen molar-refractivity contribution in [2.24, 2.45) is 10.9 Å². The number of rotatable bonds is 9. The van der Waals surface area contributed by atoms with E-state index in [2.05, 4.69) is 23.2 Å². The van der Waals surface area contributed by atoms with Crippen LogP contribution in [0.1, 0.15) is 38.7 Å². The Morgan fingerprint density at radius 1 is 1.23 bits per heavy atom. The third-order valence-corrected chi connectivity index (χ3v) is 5.01. The number of likely N-dealkylation sites (tertiary alicyclic amines) is 1. The van der Waals surface area contributed by atoms with Crippen LogP contribution in [-0.2, 0) is 16.0 Å². The van der Waals surface area contributed by atoms with E-state index in [1.165, 1.54) is 5.56 Å². The van der Waals surface area contributed by atoms with Crippen LogP contribution in [0.25, 0.3) is 0 Å². The summed E-state index contributed by atoms with van der Waals surface area (Å²) in [5, 5.41) is 3.36. The topological polar surface area (TPSA) is 72.4 Å². The highest BCUT2D eigenvalue weighted by atomic mass is 127. The minimum absolute atomic E-state index is 0. The molecular formula is C22H36IN3O4. The first kappa shape index (κ1) is 26.3. The van der Waals surface area contributed by atoms with Gasteiger partial charge >= 0.3 is 5.97 Å². The highest BCUT2D eigenvalue weighted by molar-refractivity contribution is 14.0. The first-order valence-corrected chi connectivity index (χ1v) is 10.5. The van der Waals surface area contributed by atoms with Crippen LogP contribution in [0, 0.1) is 5.92 Å². The lowest BCUT2D eigenvalue weighted by Gasteiger charge is -2.34. The van der Waals surface area contributed by atoms with Crippen LogP contribution in [0.5, 0.6) is 11.5 Å². The fraction of sp³-hybridized carbons (Fsp3) is 0.636. The number of nitrogens with one attached hydrogen (secondary N) is 1. The van der Waals surface area contributed by atoms with Gasteiger partial charge < -0.3 is 24.4 Å². The Balaban J connectivity index is 0.00000450. The van der Waals surface area contributed by atoms with Crippen LogP contribution in [0.3, 0.4) is 0 Å². The molecule has 1 fully saturated rings. The van der Waals surface area contributed by atoms with Gasteiger partial charge in [-0.05, 0) is 57.2 Å². The average Bonchev–Trinajstić information content (AvgIpc) is 2.76. The molecule has 1 heterocycles. The molecule has 0 saturated carbocycles. The molecule has 1 aromatic carbocycles. The smallest absolute Gasteiger partial charge is 0.310 e. The highest BCUT2D eigenvalue weighted by Crippen LogP contribution is 2.28. The number of guanidine groups is 1. The van der Waals surface area contributed by atoms with E-state index >= 15 is 0 Å². The van der Waals surface area contributed by atoms with Gasteiger partial charge in [-0.1, -0.05) is 6.07 Å². The first-order valence-electron chi connectivity index (χ1n) is 10.5. The summed E-state index contributed by atoms with van der Waals surface area (Å²) in [6.45, 7) is 7.44. The second-order valence-corrected chi connectivity index (χ2v) is 7.07. The van der Waals surface area contributed by atoms with Gasteiger partial charge in [0.2, 0.25) is 0 Å². The molecule has 1 aliphatic heterocycles.